The average molecular weight is 606 g/mol. The molecule has 0 aromatic heterocycles. The summed E-state index contributed by atoms with van der Waals surface area (Å²) in [6.07, 6.45) is 2.25. The molecule has 0 aliphatic carbocycles. The predicted octanol–water partition coefficient (Wildman–Crippen LogP) is 3.47. The van der Waals surface area contributed by atoms with E-state index in [0.717, 1.165) is 5.75 Å². The number of hydrogen-bond donors (Lipinski definition) is 4. The van der Waals surface area contributed by atoms with Crippen molar-refractivity contribution in [3.8, 4) is 0 Å². The standard InChI is InChI=1S/C26H47N3O7S2Si/c1-16(2)23-20(36-39(7,8)26(4,5)6)14-22(31)35-18(13-21(30)28-17(3)25(33)34)11-9-10-12-37-38-15-19(27)24(32)29-23/h9,11,16-20,23H,10,12-15,27H2,1-8H3,(H,28,30)(H,29,32)(H,33,34)/b11-9+/t17-,18+,19-,20+,23?/m1/s1. The molecule has 0 saturated carbocycles. The Kier molecular flexibility index (Phi) is 14.6. The van der Waals surface area contributed by atoms with Gasteiger partial charge in [0.1, 0.15) is 12.1 Å². The second-order valence-corrected chi connectivity index (χ2v) is 19.1. The third-order valence-corrected chi connectivity index (χ3v) is 13.8. The Morgan fingerprint density at radius 2 is 1.90 bits per heavy atom. The molecule has 0 aromatic rings. The minimum Gasteiger partial charge on any atom is -0.480 e. The monoisotopic (exact) mass is 605 g/mol. The molecule has 39 heavy (non-hydrogen) atoms. The molecule has 0 bridgehead atoms. The van der Waals surface area contributed by atoms with Gasteiger partial charge in [-0.2, -0.15) is 0 Å². The Morgan fingerprint density at radius 3 is 2.46 bits per heavy atom. The number of nitrogens with one attached hydrogen (secondary N) is 2. The number of carboxylic acids is 1. The Labute approximate surface area is 241 Å². The fourth-order valence-electron chi connectivity index (χ4n) is 3.45. The number of nitrogens with two attached hydrogens (primary N) is 1. The summed E-state index contributed by atoms with van der Waals surface area (Å²) < 4.78 is 12.4. The second-order valence-electron chi connectivity index (χ2n) is 11.7. The lowest BCUT2D eigenvalue weighted by Gasteiger charge is -2.42. The van der Waals surface area contributed by atoms with Crippen molar-refractivity contribution in [3.05, 3.63) is 12.2 Å². The van der Waals surface area contributed by atoms with Crippen LogP contribution in [0.3, 0.4) is 0 Å². The summed E-state index contributed by atoms with van der Waals surface area (Å²) in [5.74, 6) is -1.47. The molecule has 0 fully saturated rings. The molecule has 10 nitrogen and oxygen atoms in total. The second kappa shape index (κ2) is 16.0. The van der Waals surface area contributed by atoms with Crippen molar-refractivity contribution in [2.75, 3.05) is 11.5 Å². The molecular weight excluding hydrogens is 559 g/mol. The van der Waals surface area contributed by atoms with Gasteiger partial charge in [0.05, 0.1) is 31.0 Å². The molecule has 1 heterocycles. The highest BCUT2D eigenvalue weighted by Crippen LogP contribution is 2.38. The molecule has 1 aliphatic heterocycles. The van der Waals surface area contributed by atoms with Crippen LogP contribution in [0, 0.1) is 5.92 Å². The molecule has 2 amide bonds. The smallest absolute Gasteiger partial charge is 0.325 e. The van der Waals surface area contributed by atoms with Crippen molar-refractivity contribution >= 4 is 53.7 Å². The van der Waals surface area contributed by atoms with Crippen LogP contribution in [0.25, 0.3) is 0 Å². The van der Waals surface area contributed by atoms with E-state index in [1.807, 2.05) is 19.9 Å². The molecule has 0 spiro atoms. The van der Waals surface area contributed by atoms with Crippen LogP contribution in [0.2, 0.25) is 18.1 Å². The predicted molar refractivity (Wildman–Crippen MR) is 160 cm³/mol. The fraction of sp³-hybridized carbons (Fsp3) is 0.769. The van der Waals surface area contributed by atoms with E-state index in [0.29, 0.717) is 12.2 Å². The summed E-state index contributed by atoms with van der Waals surface area (Å²) in [5.41, 5.74) is 6.17. The lowest BCUT2D eigenvalue weighted by atomic mass is 9.96. The summed E-state index contributed by atoms with van der Waals surface area (Å²) in [5, 5.41) is 14.4. The molecule has 1 unspecified atom stereocenters. The Hall–Kier alpha value is -1.54. The first-order valence-electron chi connectivity index (χ1n) is 13.3. The molecule has 5 N–H and O–H groups in total. The van der Waals surface area contributed by atoms with E-state index in [1.165, 1.54) is 17.7 Å². The van der Waals surface area contributed by atoms with Crippen LogP contribution in [-0.2, 0) is 28.3 Å². The molecule has 1 rings (SSSR count). The lowest BCUT2D eigenvalue weighted by molar-refractivity contribution is -0.151. The average Bonchev–Trinajstić information content (AvgIpc) is 2.79. The Bertz CT molecular complexity index is 880. The quantitative estimate of drug-likeness (QED) is 0.147. The number of ether oxygens (including phenoxy) is 1. The van der Waals surface area contributed by atoms with Crippen LogP contribution >= 0.6 is 21.6 Å². The molecule has 0 radical (unpaired) electrons. The van der Waals surface area contributed by atoms with Crippen LogP contribution in [0.5, 0.6) is 0 Å². The number of cyclic esters (lactones) is 1. The van der Waals surface area contributed by atoms with Crippen molar-refractivity contribution in [3.63, 3.8) is 0 Å². The van der Waals surface area contributed by atoms with E-state index >= 15 is 0 Å². The highest BCUT2D eigenvalue weighted by molar-refractivity contribution is 8.76. The zero-order valence-corrected chi connectivity index (χ0v) is 27.1. The third-order valence-electron chi connectivity index (χ3n) is 6.85. The Balaban J connectivity index is 3.31. The van der Waals surface area contributed by atoms with Gasteiger partial charge < -0.3 is 30.6 Å². The highest BCUT2D eigenvalue weighted by Gasteiger charge is 2.42. The topological polar surface area (TPSA) is 157 Å². The molecule has 0 saturated heterocycles. The van der Waals surface area contributed by atoms with E-state index in [4.69, 9.17) is 20.0 Å². The van der Waals surface area contributed by atoms with Crippen LogP contribution < -0.4 is 16.4 Å². The van der Waals surface area contributed by atoms with Crippen molar-refractivity contribution in [1.29, 1.82) is 0 Å². The largest absolute Gasteiger partial charge is 0.480 e. The van der Waals surface area contributed by atoms with E-state index < -0.39 is 56.5 Å². The van der Waals surface area contributed by atoms with Crippen LogP contribution in [-0.4, -0.2) is 79.0 Å². The van der Waals surface area contributed by atoms with Crippen LogP contribution in [0.1, 0.15) is 60.8 Å². The van der Waals surface area contributed by atoms with Crippen molar-refractivity contribution in [1.82, 2.24) is 10.6 Å². The van der Waals surface area contributed by atoms with Crippen LogP contribution in [0.4, 0.5) is 0 Å². The Morgan fingerprint density at radius 1 is 1.26 bits per heavy atom. The van der Waals surface area contributed by atoms with E-state index in [-0.39, 0.29) is 29.7 Å². The SMILES string of the molecule is CC(C)C1NC(=O)[C@H](N)CSSCC/C=C/[C@@H](CC(=O)N[C@H](C)C(=O)O)OC(=O)C[C@@H]1O[Si](C)(C)C(C)(C)C. The number of esters is 1. The van der Waals surface area contributed by atoms with Gasteiger partial charge in [0.15, 0.2) is 8.32 Å². The molecule has 5 atom stereocenters. The summed E-state index contributed by atoms with van der Waals surface area (Å²) in [6, 6.07) is -2.27. The van der Waals surface area contributed by atoms with E-state index in [9.17, 15) is 19.2 Å². The minimum atomic E-state index is -2.38. The molecule has 0 aromatic carbocycles. The van der Waals surface area contributed by atoms with Gasteiger partial charge in [-0.3, -0.25) is 19.2 Å². The number of aliphatic carboxylic acids is 1. The van der Waals surface area contributed by atoms with Gasteiger partial charge in [-0.05, 0) is 43.5 Å². The number of hydrogen-bond acceptors (Lipinski definition) is 9. The summed E-state index contributed by atoms with van der Waals surface area (Å²) >= 11 is 0. The van der Waals surface area contributed by atoms with Gasteiger partial charge in [-0.1, -0.05) is 62.3 Å². The van der Waals surface area contributed by atoms with Gasteiger partial charge >= 0.3 is 11.9 Å². The lowest BCUT2D eigenvalue weighted by Crippen LogP contribution is -2.57. The first-order valence-corrected chi connectivity index (χ1v) is 18.7. The maximum atomic E-state index is 13.3. The summed E-state index contributed by atoms with van der Waals surface area (Å²) in [6.45, 7) is 15.7. The van der Waals surface area contributed by atoms with Gasteiger partial charge in [0.25, 0.3) is 0 Å². The first-order chi connectivity index (χ1) is 17.9. The van der Waals surface area contributed by atoms with Crippen LogP contribution in [0.15, 0.2) is 12.2 Å². The number of carbonyl (C=O) groups is 4. The minimum absolute atomic E-state index is 0.0661. The number of rotatable bonds is 7. The number of carboxylic acid groups (broad SMARTS) is 1. The van der Waals surface area contributed by atoms with Gasteiger partial charge in [-0.25, -0.2) is 0 Å². The van der Waals surface area contributed by atoms with Crippen molar-refractivity contribution in [2.24, 2.45) is 11.7 Å². The maximum Gasteiger partial charge on any atom is 0.325 e. The number of amides is 2. The van der Waals surface area contributed by atoms with Crippen molar-refractivity contribution in [2.45, 2.75) is 109 Å². The van der Waals surface area contributed by atoms with Crippen molar-refractivity contribution < 1.29 is 33.4 Å². The maximum absolute atomic E-state index is 13.3. The van der Waals surface area contributed by atoms with E-state index in [2.05, 4.69) is 44.5 Å². The molecule has 13 heteroatoms. The van der Waals surface area contributed by atoms with Gasteiger partial charge in [0.2, 0.25) is 11.8 Å². The zero-order chi connectivity index (χ0) is 30.0. The molecule has 224 valence electrons. The zero-order valence-electron chi connectivity index (χ0n) is 24.4. The number of allylic oxidation sites excluding steroid dienone is 1. The normalized spacial score (nSPS) is 26.3. The number of carbonyl (C=O) groups excluding carboxylic acids is 3. The molecule has 1 aliphatic rings. The molecular formula is C26H47N3O7S2Si. The third kappa shape index (κ3) is 12.7. The summed E-state index contributed by atoms with van der Waals surface area (Å²) in [4.78, 5) is 49.9. The van der Waals surface area contributed by atoms with E-state index in [1.54, 1.807) is 16.9 Å². The van der Waals surface area contributed by atoms with Gasteiger partial charge in [-0.15, -0.1) is 0 Å². The fourth-order valence-corrected chi connectivity index (χ4v) is 6.91. The first kappa shape index (κ1) is 35.5. The van der Waals surface area contributed by atoms with Gasteiger partial charge in [0, 0.05) is 11.5 Å². The summed E-state index contributed by atoms with van der Waals surface area (Å²) in [7, 11) is 0.712. The highest BCUT2D eigenvalue weighted by atomic mass is 33.1.